The van der Waals surface area contributed by atoms with Gasteiger partial charge in [-0.05, 0) is 12.1 Å². The average molecular weight is 416 g/mol. The van der Waals surface area contributed by atoms with E-state index in [2.05, 4.69) is 19.8 Å². The molecule has 0 fully saturated rings. The van der Waals surface area contributed by atoms with Crippen molar-refractivity contribution in [3.8, 4) is 11.5 Å². The van der Waals surface area contributed by atoms with Gasteiger partial charge >= 0.3 is 12.3 Å². The Kier molecular flexibility index (Phi) is 4.12. The highest BCUT2D eigenvalue weighted by Crippen LogP contribution is 2.42. The third kappa shape index (κ3) is 3.38. The van der Waals surface area contributed by atoms with E-state index in [0.717, 1.165) is 0 Å². The van der Waals surface area contributed by atoms with Gasteiger partial charge in [-0.3, -0.25) is 9.20 Å². The molecule has 1 aromatic carbocycles. The molecule has 0 aliphatic carbocycles. The van der Waals surface area contributed by atoms with Gasteiger partial charge in [0.15, 0.2) is 33.9 Å². The number of thiazole rings is 1. The molecule has 0 atom stereocenters. The lowest BCUT2D eigenvalue weighted by Crippen LogP contribution is -2.25. The number of anilines is 1. The lowest BCUT2D eigenvalue weighted by atomic mass is 10.3. The zero-order valence-electron chi connectivity index (χ0n) is 13.1. The minimum Gasteiger partial charge on any atom is -0.451 e. The Morgan fingerprint density at radius 2 is 2.11 bits per heavy atom. The number of carbonyl (C=O) groups excluding carboxylic acids is 2. The molecule has 3 aromatic rings. The Hall–Kier alpha value is -2.92. The number of rotatable bonds is 4. The third-order valence-electron chi connectivity index (χ3n) is 3.43. The lowest BCUT2D eigenvalue weighted by molar-refractivity contribution is -0.286. The van der Waals surface area contributed by atoms with Crippen LogP contribution in [-0.2, 0) is 9.53 Å². The molecule has 3 heterocycles. The number of imidazole rings is 1. The van der Waals surface area contributed by atoms with Crippen LogP contribution in [0.4, 0.5) is 14.5 Å². The van der Waals surface area contributed by atoms with Crippen molar-refractivity contribution in [3.05, 3.63) is 40.6 Å². The van der Waals surface area contributed by atoms with Crippen molar-refractivity contribution < 1.29 is 32.6 Å². The number of halogens is 3. The standard InChI is InChI=1S/C15H8ClF2N3O5S/c16-12-11(21-3-4-27-14(21)20-12)13(23)24-6-10(22)19-7-1-2-8-9(5-7)26-15(17,18)25-8/h1-5H,6H2,(H,19,22). The second kappa shape index (κ2) is 6.35. The molecule has 0 unspecified atom stereocenters. The van der Waals surface area contributed by atoms with E-state index in [1.165, 1.54) is 33.9 Å². The molecule has 0 radical (unpaired) electrons. The minimum atomic E-state index is -3.75. The summed E-state index contributed by atoms with van der Waals surface area (Å²) in [6, 6.07) is 3.72. The van der Waals surface area contributed by atoms with E-state index in [0.29, 0.717) is 4.96 Å². The van der Waals surface area contributed by atoms with Crippen LogP contribution in [0.1, 0.15) is 10.5 Å². The van der Waals surface area contributed by atoms with Crippen LogP contribution in [0, 0.1) is 0 Å². The maximum Gasteiger partial charge on any atom is 0.586 e. The van der Waals surface area contributed by atoms with Gasteiger partial charge in [0.25, 0.3) is 5.91 Å². The zero-order valence-corrected chi connectivity index (χ0v) is 14.6. The first-order valence-electron chi connectivity index (χ1n) is 7.30. The topological polar surface area (TPSA) is 91.2 Å². The Labute approximate surface area is 158 Å². The van der Waals surface area contributed by atoms with Crippen LogP contribution in [0.25, 0.3) is 4.96 Å². The fraction of sp³-hybridized carbons (Fsp3) is 0.133. The summed E-state index contributed by atoms with van der Waals surface area (Å²) >= 11 is 7.19. The summed E-state index contributed by atoms with van der Waals surface area (Å²) in [5.41, 5.74) is 0.171. The summed E-state index contributed by atoms with van der Waals surface area (Å²) in [7, 11) is 0. The van der Waals surface area contributed by atoms with Crippen LogP contribution < -0.4 is 14.8 Å². The van der Waals surface area contributed by atoms with E-state index >= 15 is 0 Å². The summed E-state index contributed by atoms with van der Waals surface area (Å²) in [6.07, 6.45) is -2.16. The Balaban J connectivity index is 1.39. The predicted molar refractivity (Wildman–Crippen MR) is 89.6 cm³/mol. The summed E-state index contributed by atoms with van der Waals surface area (Å²) < 4.78 is 40.9. The van der Waals surface area contributed by atoms with Gasteiger partial charge in [-0.2, -0.15) is 0 Å². The molecule has 140 valence electrons. The molecular weight excluding hydrogens is 408 g/mol. The number of ether oxygens (including phenoxy) is 3. The SMILES string of the molecule is O=C(COC(=O)c1c(Cl)nc2sccn12)Nc1ccc2c(c1)OC(F)(F)O2. The van der Waals surface area contributed by atoms with Gasteiger partial charge in [0.1, 0.15) is 0 Å². The highest BCUT2D eigenvalue weighted by molar-refractivity contribution is 7.15. The Morgan fingerprint density at radius 1 is 1.33 bits per heavy atom. The monoisotopic (exact) mass is 415 g/mol. The number of alkyl halides is 2. The fourth-order valence-corrected chi connectivity index (χ4v) is 3.38. The smallest absolute Gasteiger partial charge is 0.451 e. The van der Waals surface area contributed by atoms with Crippen LogP contribution in [-0.4, -0.2) is 34.2 Å². The molecule has 27 heavy (non-hydrogen) atoms. The van der Waals surface area contributed by atoms with Crippen molar-refractivity contribution in [1.82, 2.24) is 9.38 Å². The number of amides is 1. The van der Waals surface area contributed by atoms with Crippen molar-refractivity contribution in [2.75, 3.05) is 11.9 Å². The molecule has 1 amide bonds. The summed E-state index contributed by atoms with van der Waals surface area (Å²) in [5, 5.41) is 4.07. The number of esters is 1. The minimum absolute atomic E-state index is 0.00558. The maximum absolute atomic E-state index is 13.0. The number of fused-ring (bicyclic) bond motifs is 2. The molecule has 8 nitrogen and oxygen atoms in total. The molecule has 0 spiro atoms. The lowest BCUT2D eigenvalue weighted by Gasteiger charge is -2.07. The number of nitrogens with one attached hydrogen (secondary N) is 1. The summed E-state index contributed by atoms with van der Waals surface area (Å²) in [5.74, 6) is -1.89. The van der Waals surface area contributed by atoms with Gasteiger partial charge in [0, 0.05) is 23.3 Å². The first kappa shape index (κ1) is 17.5. The molecule has 1 aliphatic heterocycles. The zero-order chi connectivity index (χ0) is 19.2. The van der Waals surface area contributed by atoms with Gasteiger partial charge in [0.2, 0.25) is 0 Å². The third-order valence-corrected chi connectivity index (χ3v) is 4.45. The van der Waals surface area contributed by atoms with Gasteiger partial charge < -0.3 is 19.5 Å². The van der Waals surface area contributed by atoms with E-state index in [-0.39, 0.29) is 28.0 Å². The van der Waals surface area contributed by atoms with E-state index < -0.39 is 24.8 Å². The van der Waals surface area contributed by atoms with E-state index in [9.17, 15) is 18.4 Å². The molecule has 0 bridgehead atoms. The fourth-order valence-electron chi connectivity index (χ4n) is 2.37. The van der Waals surface area contributed by atoms with Crippen molar-refractivity contribution in [2.45, 2.75) is 6.29 Å². The second-order valence-electron chi connectivity index (χ2n) is 5.26. The first-order chi connectivity index (χ1) is 12.8. The number of hydrogen-bond acceptors (Lipinski definition) is 7. The van der Waals surface area contributed by atoms with Gasteiger partial charge in [-0.1, -0.05) is 11.6 Å². The van der Waals surface area contributed by atoms with Crippen molar-refractivity contribution >= 4 is 45.5 Å². The molecule has 4 rings (SSSR count). The number of benzene rings is 1. The quantitative estimate of drug-likeness (QED) is 0.658. The Bertz CT molecular complexity index is 1070. The number of aromatic nitrogens is 2. The van der Waals surface area contributed by atoms with Gasteiger partial charge in [-0.15, -0.1) is 20.1 Å². The van der Waals surface area contributed by atoms with E-state index in [4.69, 9.17) is 16.3 Å². The number of hydrogen-bond donors (Lipinski definition) is 1. The molecule has 12 heteroatoms. The predicted octanol–water partition coefficient (Wildman–Crippen LogP) is 3.17. The van der Waals surface area contributed by atoms with Crippen LogP contribution in [0.3, 0.4) is 0 Å². The number of nitrogens with zero attached hydrogens (tertiary/aromatic N) is 2. The first-order valence-corrected chi connectivity index (χ1v) is 8.56. The summed E-state index contributed by atoms with van der Waals surface area (Å²) in [4.78, 5) is 28.6. The Morgan fingerprint density at radius 3 is 2.93 bits per heavy atom. The normalized spacial score (nSPS) is 14.3. The maximum atomic E-state index is 13.0. The molecule has 1 aliphatic rings. The highest BCUT2D eigenvalue weighted by Gasteiger charge is 2.43. The van der Waals surface area contributed by atoms with Crippen LogP contribution in [0.15, 0.2) is 29.8 Å². The summed E-state index contributed by atoms with van der Waals surface area (Å²) in [6.45, 7) is -0.614. The largest absolute Gasteiger partial charge is 0.586 e. The highest BCUT2D eigenvalue weighted by atomic mass is 35.5. The van der Waals surface area contributed by atoms with Crippen LogP contribution in [0.2, 0.25) is 5.15 Å². The van der Waals surface area contributed by atoms with Crippen LogP contribution in [0.5, 0.6) is 11.5 Å². The molecular formula is C15H8ClF2N3O5S. The van der Waals surface area contributed by atoms with E-state index in [1.54, 1.807) is 11.6 Å². The molecule has 2 aromatic heterocycles. The van der Waals surface area contributed by atoms with E-state index in [1.807, 2.05) is 0 Å². The van der Waals surface area contributed by atoms with Crippen molar-refractivity contribution in [1.29, 1.82) is 0 Å². The molecule has 0 saturated carbocycles. The van der Waals surface area contributed by atoms with Crippen molar-refractivity contribution in [2.24, 2.45) is 0 Å². The van der Waals surface area contributed by atoms with Gasteiger partial charge in [-0.25, -0.2) is 9.78 Å². The van der Waals surface area contributed by atoms with Crippen LogP contribution >= 0.6 is 22.9 Å². The molecule has 1 N–H and O–H groups in total. The van der Waals surface area contributed by atoms with Crippen molar-refractivity contribution in [3.63, 3.8) is 0 Å². The second-order valence-corrected chi connectivity index (χ2v) is 6.49. The molecule has 0 saturated heterocycles. The van der Waals surface area contributed by atoms with Gasteiger partial charge in [0.05, 0.1) is 0 Å². The number of carbonyl (C=O) groups is 2. The average Bonchev–Trinajstić information content (AvgIpc) is 3.23.